The number of carbonyl (C=O) groups is 2. The van der Waals surface area contributed by atoms with E-state index in [2.05, 4.69) is 0 Å². The Balaban J connectivity index is 2.18. The molecule has 0 radical (unpaired) electrons. The van der Waals surface area contributed by atoms with Gasteiger partial charge in [0, 0.05) is 12.1 Å². The van der Waals surface area contributed by atoms with E-state index >= 15 is 0 Å². The number of non-ortho nitro benzene ring substituents is 1. The van der Waals surface area contributed by atoms with Gasteiger partial charge in [0.05, 0.1) is 23.2 Å². The van der Waals surface area contributed by atoms with Crippen LogP contribution in [-0.4, -0.2) is 28.9 Å². The Bertz CT molecular complexity index is 898. The van der Waals surface area contributed by atoms with Crippen molar-refractivity contribution in [1.82, 2.24) is 5.06 Å². The molecule has 1 aliphatic heterocycles. The fourth-order valence-electron chi connectivity index (χ4n) is 2.68. The number of nitrogens with zero attached hydrogens (tertiary/aromatic N) is 2. The van der Waals surface area contributed by atoms with Gasteiger partial charge < -0.3 is 0 Å². The second-order valence-corrected chi connectivity index (χ2v) is 5.51. The first-order valence-corrected chi connectivity index (χ1v) is 7.43. The van der Waals surface area contributed by atoms with E-state index in [1.165, 1.54) is 31.4 Å². The van der Waals surface area contributed by atoms with Crippen LogP contribution in [0.5, 0.6) is 0 Å². The third kappa shape index (κ3) is 2.81. The van der Waals surface area contributed by atoms with E-state index in [0.717, 1.165) is 5.56 Å². The molecule has 0 atom stereocenters. The summed E-state index contributed by atoms with van der Waals surface area (Å²) in [7, 11) is 1.24. The lowest BCUT2D eigenvalue weighted by Gasteiger charge is -2.10. The van der Waals surface area contributed by atoms with Crippen molar-refractivity contribution in [2.24, 2.45) is 0 Å². The molecule has 126 valence electrons. The van der Waals surface area contributed by atoms with Gasteiger partial charge in [-0.2, -0.15) is 0 Å². The Morgan fingerprint density at radius 3 is 1.72 bits per heavy atom. The van der Waals surface area contributed by atoms with E-state index in [1.54, 1.807) is 12.1 Å². The second-order valence-electron chi connectivity index (χ2n) is 5.51. The standard InChI is InChI=1S/C18H14N2O5/c1-11-3-5-12(6-4-11)15-16(18(22)19(25-2)17(15)21)13-7-9-14(10-8-13)20(23)24/h3-10H,1-2H3. The molecule has 1 aliphatic rings. The van der Waals surface area contributed by atoms with Gasteiger partial charge in [0.1, 0.15) is 0 Å². The summed E-state index contributed by atoms with van der Waals surface area (Å²) in [5.41, 5.74) is 2.28. The highest BCUT2D eigenvalue weighted by Crippen LogP contribution is 2.36. The number of carbonyl (C=O) groups excluding carboxylic acids is 2. The molecule has 0 saturated carbocycles. The maximum Gasteiger partial charge on any atom is 0.286 e. The summed E-state index contributed by atoms with van der Waals surface area (Å²) in [4.78, 5) is 40.4. The van der Waals surface area contributed by atoms with E-state index in [-0.39, 0.29) is 16.8 Å². The highest BCUT2D eigenvalue weighted by Gasteiger charge is 2.40. The maximum atomic E-state index is 12.6. The third-order valence-electron chi connectivity index (χ3n) is 3.94. The van der Waals surface area contributed by atoms with Crippen molar-refractivity contribution >= 4 is 28.6 Å². The summed E-state index contributed by atoms with van der Waals surface area (Å²) in [6, 6.07) is 12.7. The van der Waals surface area contributed by atoms with Crippen LogP contribution in [0, 0.1) is 17.0 Å². The van der Waals surface area contributed by atoms with Gasteiger partial charge in [-0.1, -0.05) is 29.8 Å². The van der Waals surface area contributed by atoms with Crippen LogP contribution >= 0.6 is 0 Å². The lowest BCUT2D eigenvalue weighted by atomic mass is 9.95. The first kappa shape index (κ1) is 16.5. The van der Waals surface area contributed by atoms with Crippen LogP contribution in [0.15, 0.2) is 48.5 Å². The molecule has 0 saturated heterocycles. The van der Waals surface area contributed by atoms with E-state index < -0.39 is 16.7 Å². The Hall–Kier alpha value is -3.32. The number of hydroxylamine groups is 2. The first-order chi connectivity index (χ1) is 11.9. The molecule has 2 amide bonds. The smallest absolute Gasteiger partial charge is 0.266 e. The van der Waals surface area contributed by atoms with Gasteiger partial charge in [-0.05, 0) is 30.2 Å². The minimum Gasteiger partial charge on any atom is -0.266 e. The van der Waals surface area contributed by atoms with E-state index in [4.69, 9.17) is 4.84 Å². The number of aryl methyl sites for hydroxylation is 1. The van der Waals surface area contributed by atoms with Crippen LogP contribution in [0.2, 0.25) is 0 Å². The van der Waals surface area contributed by atoms with Crippen LogP contribution < -0.4 is 0 Å². The molecule has 1 heterocycles. The molecule has 3 rings (SSSR count). The number of hydrogen-bond donors (Lipinski definition) is 0. The summed E-state index contributed by atoms with van der Waals surface area (Å²) >= 11 is 0. The van der Waals surface area contributed by atoms with Crippen LogP contribution in [0.1, 0.15) is 16.7 Å². The number of amides is 2. The molecular weight excluding hydrogens is 324 g/mol. The number of nitro groups is 1. The molecule has 0 unspecified atom stereocenters. The van der Waals surface area contributed by atoms with Gasteiger partial charge in [0.15, 0.2) is 0 Å². The van der Waals surface area contributed by atoms with Crippen molar-refractivity contribution in [3.05, 3.63) is 75.3 Å². The molecule has 2 aromatic carbocycles. The molecule has 2 aromatic rings. The number of imide groups is 1. The average Bonchev–Trinajstić information content (AvgIpc) is 2.86. The summed E-state index contributed by atoms with van der Waals surface area (Å²) in [5, 5.41) is 11.5. The molecule has 25 heavy (non-hydrogen) atoms. The predicted octanol–water partition coefficient (Wildman–Crippen LogP) is 2.74. The van der Waals surface area contributed by atoms with Crippen LogP contribution in [0.25, 0.3) is 11.1 Å². The minimum atomic E-state index is -0.600. The van der Waals surface area contributed by atoms with Crippen molar-refractivity contribution in [3.8, 4) is 0 Å². The number of rotatable bonds is 4. The molecular formula is C18H14N2O5. The van der Waals surface area contributed by atoms with Crippen LogP contribution in [-0.2, 0) is 14.4 Å². The number of benzene rings is 2. The van der Waals surface area contributed by atoms with Crippen molar-refractivity contribution in [1.29, 1.82) is 0 Å². The Kier molecular flexibility index (Phi) is 4.16. The van der Waals surface area contributed by atoms with Crippen LogP contribution in [0.4, 0.5) is 5.69 Å². The van der Waals surface area contributed by atoms with E-state index in [9.17, 15) is 19.7 Å². The summed E-state index contributed by atoms with van der Waals surface area (Å²) in [6.45, 7) is 1.92. The highest BCUT2D eigenvalue weighted by atomic mass is 16.7. The summed E-state index contributed by atoms with van der Waals surface area (Å²) < 4.78 is 0. The molecule has 0 fully saturated rings. The SMILES string of the molecule is CON1C(=O)C(c2ccc(C)cc2)=C(c2ccc([N+](=O)[O-])cc2)C1=O. The van der Waals surface area contributed by atoms with E-state index in [0.29, 0.717) is 16.2 Å². The lowest BCUT2D eigenvalue weighted by molar-refractivity contribution is -0.384. The molecule has 7 nitrogen and oxygen atoms in total. The predicted molar refractivity (Wildman–Crippen MR) is 90.0 cm³/mol. The molecule has 0 aliphatic carbocycles. The largest absolute Gasteiger partial charge is 0.286 e. The fraction of sp³-hybridized carbons (Fsp3) is 0.111. The van der Waals surface area contributed by atoms with Crippen molar-refractivity contribution in [2.75, 3.05) is 7.11 Å². The van der Waals surface area contributed by atoms with Crippen LogP contribution in [0.3, 0.4) is 0 Å². The molecule has 0 N–H and O–H groups in total. The Labute approximate surface area is 143 Å². The van der Waals surface area contributed by atoms with Crippen molar-refractivity contribution in [3.63, 3.8) is 0 Å². The lowest BCUT2D eigenvalue weighted by Crippen LogP contribution is -2.30. The topological polar surface area (TPSA) is 89.8 Å². The second kappa shape index (κ2) is 6.29. The van der Waals surface area contributed by atoms with E-state index in [1.807, 2.05) is 19.1 Å². The molecule has 0 spiro atoms. The molecule has 7 heteroatoms. The highest BCUT2D eigenvalue weighted by molar-refractivity contribution is 6.48. The number of hydrogen-bond acceptors (Lipinski definition) is 5. The summed E-state index contributed by atoms with van der Waals surface area (Å²) in [5.74, 6) is -1.17. The van der Waals surface area contributed by atoms with Gasteiger partial charge in [0.25, 0.3) is 17.5 Å². The third-order valence-corrected chi connectivity index (χ3v) is 3.94. The first-order valence-electron chi connectivity index (χ1n) is 7.43. The molecule has 0 bridgehead atoms. The number of nitro benzene ring substituents is 1. The average molecular weight is 338 g/mol. The zero-order valence-corrected chi connectivity index (χ0v) is 13.6. The van der Waals surface area contributed by atoms with Gasteiger partial charge >= 0.3 is 0 Å². The quantitative estimate of drug-likeness (QED) is 0.486. The fourth-order valence-corrected chi connectivity index (χ4v) is 2.68. The van der Waals surface area contributed by atoms with Gasteiger partial charge in [-0.15, -0.1) is 5.06 Å². The van der Waals surface area contributed by atoms with Crippen molar-refractivity contribution in [2.45, 2.75) is 6.92 Å². The maximum absolute atomic E-state index is 12.6. The normalized spacial score (nSPS) is 14.4. The van der Waals surface area contributed by atoms with Crippen molar-refractivity contribution < 1.29 is 19.3 Å². The minimum absolute atomic E-state index is 0.0957. The monoisotopic (exact) mass is 338 g/mol. The Morgan fingerprint density at radius 1 is 0.880 bits per heavy atom. The Morgan fingerprint density at radius 2 is 1.32 bits per heavy atom. The van der Waals surface area contributed by atoms with Gasteiger partial charge in [-0.3, -0.25) is 24.5 Å². The zero-order chi connectivity index (χ0) is 18.1. The summed E-state index contributed by atoms with van der Waals surface area (Å²) in [6.07, 6.45) is 0. The van der Waals surface area contributed by atoms with Gasteiger partial charge in [0.2, 0.25) is 0 Å². The molecule has 0 aromatic heterocycles. The zero-order valence-electron chi connectivity index (χ0n) is 13.6. The van der Waals surface area contributed by atoms with Gasteiger partial charge in [-0.25, -0.2) is 0 Å².